The second-order valence-electron chi connectivity index (χ2n) is 5.43. The summed E-state index contributed by atoms with van der Waals surface area (Å²) in [5.74, 6) is 0.216. The first-order valence-electron chi connectivity index (χ1n) is 6.66. The molecule has 0 atom stereocenters. The highest BCUT2D eigenvalue weighted by molar-refractivity contribution is 5.80. The summed E-state index contributed by atoms with van der Waals surface area (Å²) in [5.41, 5.74) is 5.47. The highest BCUT2D eigenvalue weighted by atomic mass is 16.3. The lowest BCUT2D eigenvalue weighted by molar-refractivity contribution is 0.457. The molecule has 2 nitrogen and oxygen atoms in total. The van der Waals surface area contributed by atoms with Crippen molar-refractivity contribution in [3.8, 4) is 5.75 Å². The number of hydrogen-bond acceptors (Lipinski definition) is 2. The Morgan fingerprint density at radius 1 is 0.850 bits per heavy atom. The van der Waals surface area contributed by atoms with Crippen LogP contribution in [0.1, 0.15) is 33.4 Å². The number of aromatic hydroxyl groups is 1. The van der Waals surface area contributed by atoms with Crippen molar-refractivity contribution in [1.29, 1.82) is 0 Å². The van der Waals surface area contributed by atoms with E-state index in [0.29, 0.717) is 5.56 Å². The fourth-order valence-electron chi connectivity index (χ4n) is 2.48. The molecule has 0 amide bonds. The topological polar surface area (TPSA) is 40.5 Å². The van der Waals surface area contributed by atoms with Gasteiger partial charge in [-0.15, -0.1) is 0 Å². The zero-order valence-electron chi connectivity index (χ0n) is 12.4. The van der Waals surface area contributed by atoms with Crippen LogP contribution in [0.25, 0.3) is 11.8 Å². The molecule has 0 aliphatic carbocycles. The van der Waals surface area contributed by atoms with Gasteiger partial charge in [-0.2, -0.15) is 0 Å². The summed E-state index contributed by atoms with van der Waals surface area (Å²) in [7, 11) is 0. The first kappa shape index (κ1) is 14.2. The Labute approximate surface area is 120 Å². The Bertz CT molecular complexity index is 662. The molecule has 0 saturated heterocycles. The van der Waals surface area contributed by atoms with Crippen LogP contribution >= 0.6 is 0 Å². The Morgan fingerprint density at radius 2 is 1.40 bits per heavy atom. The van der Waals surface area contributed by atoms with Gasteiger partial charge in [0, 0.05) is 0 Å². The maximum atomic E-state index is 10.3. The molecule has 2 aromatic carbocycles. The van der Waals surface area contributed by atoms with Gasteiger partial charge < -0.3 is 10.2 Å². The molecule has 0 spiro atoms. The van der Waals surface area contributed by atoms with Crippen molar-refractivity contribution in [3.05, 3.63) is 63.7 Å². The van der Waals surface area contributed by atoms with Gasteiger partial charge in [-0.05, 0) is 56.5 Å². The van der Waals surface area contributed by atoms with Crippen molar-refractivity contribution < 1.29 is 10.2 Å². The molecule has 0 fully saturated rings. The highest BCUT2D eigenvalue weighted by Crippen LogP contribution is 2.29. The summed E-state index contributed by atoms with van der Waals surface area (Å²) in [4.78, 5) is 0. The number of aliphatic hydroxyl groups excluding tert-OH is 1. The summed E-state index contributed by atoms with van der Waals surface area (Å²) < 4.78 is 0. The van der Waals surface area contributed by atoms with Gasteiger partial charge in [-0.25, -0.2) is 0 Å². The number of aliphatic hydroxyl groups is 1. The SMILES string of the molecule is Cc1cc(C)cc(C=C(O)c2cc(C)cc(C)c2O)c1. The number of hydrogen-bond donors (Lipinski definition) is 2. The number of aryl methyl sites for hydroxylation is 4. The van der Waals surface area contributed by atoms with Crippen molar-refractivity contribution in [1.82, 2.24) is 0 Å². The lowest BCUT2D eigenvalue weighted by Crippen LogP contribution is -1.90. The average Bonchev–Trinajstić information content (AvgIpc) is 2.32. The molecule has 20 heavy (non-hydrogen) atoms. The van der Waals surface area contributed by atoms with Gasteiger partial charge >= 0.3 is 0 Å². The van der Waals surface area contributed by atoms with Gasteiger partial charge in [0.15, 0.2) is 0 Å². The van der Waals surface area contributed by atoms with Crippen molar-refractivity contribution in [2.45, 2.75) is 27.7 Å². The van der Waals surface area contributed by atoms with Gasteiger partial charge in [0.05, 0.1) is 5.56 Å². The minimum atomic E-state index is 0.0827. The van der Waals surface area contributed by atoms with Gasteiger partial charge in [0.2, 0.25) is 0 Å². The van der Waals surface area contributed by atoms with Crippen molar-refractivity contribution >= 4 is 11.8 Å². The molecule has 0 aliphatic rings. The highest BCUT2D eigenvalue weighted by Gasteiger charge is 2.09. The molecule has 2 aromatic rings. The third-order valence-electron chi connectivity index (χ3n) is 3.27. The van der Waals surface area contributed by atoms with Crippen LogP contribution < -0.4 is 0 Å². The van der Waals surface area contributed by atoms with E-state index in [2.05, 4.69) is 6.07 Å². The summed E-state index contributed by atoms with van der Waals surface area (Å²) >= 11 is 0. The van der Waals surface area contributed by atoms with E-state index in [9.17, 15) is 10.2 Å². The quantitative estimate of drug-likeness (QED) is 0.613. The van der Waals surface area contributed by atoms with Crippen LogP contribution in [0.5, 0.6) is 5.75 Å². The summed E-state index contributed by atoms with van der Waals surface area (Å²) in [6.07, 6.45) is 1.69. The lowest BCUT2D eigenvalue weighted by Gasteiger charge is -2.09. The first-order valence-corrected chi connectivity index (χ1v) is 6.66. The van der Waals surface area contributed by atoms with Gasteiger partial charge in [-0.3, -0.25) is 0 Å². The largest absolute Gasteiger partial charge is 0.507 e. The van der Waals surface area contributed by atoms with Crippen LogP contribution in [-0.4, -0.2) is 10.2 Å². The van der Waals surface area contributed by atoms with Crippen LogP contribution in [0.2, 0.25) is 0 Å². The maximum Gasteiger partial charge on any atom is 0.129 e. The molecule has 0 heterocycles. The standard InChI is InChI=1S/C18H20O2/c1-11-5-12(2)8-15(7-11)10-17(19)16-9-13(3)6-14(4)18(16)20/h5-10,19-20H,1-4H3. The second-order valence-corrected chi connectivity index (χ2v) is 5.43. The monoisotopic (exact) mass is 268 g/mol. The fraction of sp³-hybridized carbons (Fsp3) is 0.222. The van der Waals surface area contributed by atoms with E-state index < -0.39 is 0 Å². The Kier molecular flexibility index (Phi) is 3.84. The van der Waals surface area contributed by atoms with Crippen molar-refractivity contribution in [2.24, 2.45) is 0 Å². The molecule has 0 radical (unpaired) electrons. The predicted molar refractivity (Wildman–Crippen MR) is 84.0 cm³/mol. The van der Waals surface area contributed by atoms with Crippen LogP contribution in [0, 0.1) is 27.7 Å². The smallest absolute Gasteiger partial charge is 0.129 e. The van der Waals surface area contributed by atoms with E-state index in [1.807, 2.05) is 45.9 Å². The molecule has 0 aromatic heterocycles. The van der Waals surface area contributed by atoms with E-state index in [4.69, 9.17) is 0 Å². The molecule has 0 saturated carbocycles. The van der Waals surface area contributed by atoms with Crippen LogP contribution in [0.15, 0.2) is 30.3 Å². The Balaban J connectivity index is 2.50. The maximum absolute atomic E-state index is 10.3. The molecular formula is C18H20O2. The van der Waals surface area contributed by atoms with Crippen LogP contribution in [0.4, 0.5) is 0 Å². The molecular weight excluding hydrogens is 248 g/mol. The zero-order chi connectivity index (χ0) is 14.9. The van der Waals surface area contributed by atoms with Crippen molar-refractivity contribution in [2.75, 3.05) is 0 Å². The van der Waals surface area contributed by atoms with Gasteiger partial charge in [0.25, 0.3) is 0 Å². The van der Waals surface area contributed by atoms with Gasteiger partial charge in [-0.1, -0.05) is 35.4 Å². The third kappa shape index (κ3) is 3.02. The van der Waals surface area contributed by atoms with Crippen molar-refractivity contribution in [3.63, 3.8) is 0 Å². The zero-order valence-corrected chi connectivity index (χ0v) is 12.4. The molecule has 2 heteroatoms. The van der Waals surface area contributed by atoms with E-state index in [0.717, 1.165) is 27.8 Å². The van der Waals surface area contributed by atoms with E-state index >= 15 is 0 Å². The minimum absolute atomic E-state index is 0.0827. The molecule has 2 rings (SSSR count). The number of benzene rings is 2. The number of phenolic OH excluding ortho intramolecular Hbond substituents is 1. The first-order chi connectivity index (χ1) is 9.36. The molecule has 0 unspecified atom stereocenters. The Morgan fingerprint density at radius 3 is 2.00 bits per heavy atom. The molecule has 104 valence electrons. The summed E-state index contributed by atoms with van der Waals surface area (Å²) in [6.45, 7) is 7.82. The third-order valence-corrected chi connectivity index (χ3v) is 3.27. The summed E-state index contributed by atoms with van der Waals surface area (Å²) in [6, 6.07) is 9.77. The second kappa shape index (κ2) is 5.41. The van der Waals surface area contributed by atoms with E-state index in [-0.39, 0.29) is 11.5 Å². The Hall–Kier alpha value is -2.22. The lowest BCUT2D eigenvalue weighted by atomic mass is 10.0. The van der Waals surface area contributed by atoms with Crippen LogP contribution in [0.3, 0.4) is 0 Å². The van der Waals surface area contributed by atoms with E-state index in [1.54, 1.807) is 12.1 Å². The number of phenols is 1. The van der Waals surface area contributed by atoms with Crippen LogP contribution in [-0.2, 0) is 0 Å². The molecule has 2 N–H and O–H groups in total. The fourth-order valence-corrected chi connectivity index (χ4v) is 2.48. The van der Waals surface area contributed by atoms with E-state index in [1.165, 1.54) is 0 Å². The minimum Gasteiger partial charge on any atom is -0.507 e. The normalized spacial score (nSPS) is 11.7. The van der Waals surface area contributed by atoms with Gasteiger partial charge in [0.1, 0.15) is 11.5 Å². The number of rotatable bonds is 2. The molecule has 0 bridgehead atoms. The molecule has 0 aliphatic heterocycles. The predicted octanol–water partition coefficient (Wildman–Crippen LogP) is 4.68. The average molecular weight is 268 g/mol. The summed E-state index contributed by atoms with van der Waals surface area (Å²) in [5, 5.41) is 20.4.